The first-order valence-corrected chi connectivity index (χ1v) is 9.35. The number of rotatable bonds is 8. The van der Waals surface area contributed by atoms with Gasteiger partial charge in [0.2, 0.25) is 0 Å². The Balaban J connectivity index is 1.97. The summed E-state index contributed by atoms with van der Waals surface area (Å²) < 4.78 is 16.2. The molecular weight excluding hydrogens is 354 g/mol. The molecule has 2 rings (SSSR count). The maximum Gasteiger partial charge on any atom is 0.191 e. The number of benzene rings is 2. The maximum atomic E-state index is 5.48. The summed E-state index contributed by atoms with van der Waals surface area (Å²) in [7, 11) is 6.79. The summed E-state index contributed by atoms with van der Waals surface area (Å²) in [5, 5.41) is 6.77. The Hall–Kier alpha value is -2.89. The lowest BCUT2D eigenvalue weighted by atomic mass is 10.1. The standard InChI is InChI=1S/C22H31N3O3/c1-15-7-8-17(13-21(15)28-6)11-12-24-22(23-3)25-16(2)19-14-18(26-4)9-10-20(19)27-5/h7-10,13-14,16H,11-12H2,1-6H3,(H2,23,24,25). The van der Waals surface area contributed by atoms with Gasteiger partial charge in [0.25, 0.3) is 0 Å². The highest BCUT2D eigenvalue weighted by Crippen LogP contribution is 2.29. The van der Waals surface area contributed by atoms with E-state index in [1.165, 1.54) is 5.56 Å². The first kappa shape index (κ1) is 21.4. The monoisotopic (exact) mass is 385 g/mol. The van der Waals surface area contributed by atoms with Gasteiger partial charge < -0.3 is 24.8 Å². The molecule has 0 saturated carbocycles. The third kappa shape index (κ3) is 5.55. The van der Waals surface area contributed by atoms with Crippen molar-refractivity contribution in [3.63, 3.8) is 0 Å². The predicted octanol–water partition coefficient (Wildman–Crippen LogP) is 3.49. The summed E-state index contributed by atoms with van der Waals surface area (Å²) in [5.74, 6) is 3.25. The van der Waals surface area contributed by atoms with Crippen molar-refractivity contribution in [1.29, 1.82) is 0 Å². The van der Waals surface area contributed by atoms with Gasteiger partial charge in [-0.25, -0.2) is 0 Å². The zero-order valence-electron chi connectivity index (χ0n) is 17.6. The number of hydrogen-bond donors (Lipinski definition) is 2. The van der Waals surface area contributed by atoms with Crippen LogP contribution in [-0.2, 0) is 6.42 Å². The molecule has 1 atom stereocenters. The maximum absolute atomic E-state index is 5.48. The van der Waals surface area contributed by atoms with E-state index in [-0.39, 0.29) is 6.04 Å². The van der Waals surface area contributed by atoms with E-state index in [2.05, 4.69) is 40.7 Å². The summed E-state index contributed by atoms with van der Waals surface area (Å²) in [6.45, 7) is 4.86. The fraction of sp³-hybridized carbons (Fsp3) is 0.409. The normalized spacial score (nSPS) is 12.3. The zero-order valence-corrected chi connectivity index (χ0v) is 17.6. The molecule has 0 aromatic heterocycles. The van der Waals surface area contributed by atoms with Gasteiger partial charge in [0.05, 0.1) is 27.4 Å². The van der Waals surface area contributed by atoms with Crippen molar-refractivity contribution in [2.24, 2.45) is 4.99 Å². The highest BCUT2D eigenvalue weighted by atomic mass is 16.5. The Labute approximate surface area is 167 Å². The molecule has 28 heavy (non-hydrogen) atoms. The highest BCUT2D eigenvalue weighted by Gasteiger charge is 2.14. The van der Waals surface area contributed by atoms with E-state index in [0.29, 0.717) is 0 Å². The minimum Gasteiger partial charge on any atom is -0.497 e. The average molecular weight is 386 g/mol. The van der Waals surface area contributed by atoms with Crippen molar-refractivity contribution in [3.05, 3.63) is 53.1 Å². The van der Waals surface area contributed by atoms with Crippen LogP contribution in [0.3, 0.4) is 0 Å². The number of hydrogen-bond acceptors (Lipinski definition) is 4. The lowest BCUT2D eigenvalue weighted by Crippen LogP contribution is -2.39. The molecule has 2 N–H and O–H groups in total. The number of ether oxygens (including phenoxy) is 3. The molecule has 0 aliphatic rings. The fourth-order valence-electron chi connectivity index (χ4n) is 3.00. The third-order valence-corrected chi connectivity index (χ3v) is 4.66. The molecule has 152 valence electrons. The van der Waals surface area contributed by atoms with E-state index in [1.807, 2.05) is 25.1 Å². The number of aliphatic imine (C=N–C) groups is 1. The van der Waals surface area contributed by atoms with Gasteiger partial charge in [0, 0.05) is 19.2 Å². The summed E-state index contributed by atoms with van der Waals surface area (Å²) in [6.07, 6.45) is 0.869. The largest absolute Gasteiger partial charge is 0.497 e. The van der Waals surface area contributed by atoms with Gasteiger partial charge in [-0.1, -0.05) is 12.1 Å². The summed E-state index contributed by atoms with van der Waals surface area (Å²) >= 11 is 0. The molecule has 0 heterocycles. The molecule has 0 aliphatic heterocycles. The first-order valence-electron chi connectivity index (χ1n) is 9.35. The SMILES string of the molecule is CN=C(NCCc1ccc(C)c(OC)c1)NC(C)c1cc(OC)ccc1OC. The third-order valence-electron chi connectivity index (χ3n) is 4.66. The Morgan fingerprint density at radius 2 is 1.75 bits per heavy atom. The van der Waals surface area contributed by atoms with E-state index in [1.54, 1.807) is 28.4 Å². The lowest BCUT2D eigenvalue weighted by molar-refractivity contribution is 0.394. The fourth-order valence-corrected chi connectivity index (χ4v) is 3.00. The van der Waals surface area contributed by atoms with E-state index >= 15 is 0 Å². The van der Waals surface area contributed by atoms with Crippen molar-refractivity contribution in [1.82, 2.24) is 10.6 Å². The van der Waals surface area contributed by atoms with Gasteiger partial charge >= 0.3 is 0 Å². The summed E-state index contributed by atoms with van der Waals surface area (Å²) in [4.78, 5) is 4.33. The second-order valence-corrected chi connectivity index (χ2v) is 6.53. The van der Waals surface area contributed by atoms with Crippen LogP contribution in [0.4, 0.5) is 0 Å². The van der Waals surface area contributed by atoms with Crippen LogP contribution in [0.2, 0.25) is 0 Å². The van der Waals surface area contributed by atoms with Gasteiger partial charge in [-0.2, -0.15) is 0 Å². The molecule has 2 aromatic rings. The molecule has 0 radical (unpaired) electrons. The zero-order chi connectivity index (χ0) is 20.5. The van der Waals surface area contributed by atoms with Crippen molar-refractivity contribution >= 4 is 5.96 Å². The molecule has 0 fully saturated rings. The second-order valence-electron chi connectivity index (χ2n) is 6.53. The highest BCUT2D eigenvalue weighted by molar-refractivity contribution is 5.80. The van der Waals surface area contributed by atoms with Crippen LogP contribution in [0.5, 0.6) is 17.2 Å². The molecule has 2 aromatic carbocycles. The van der Waals surface area contributed by atoms with Gasteiger partial charge in [-0.3, -0.25) is 4.99 Å². The minimum atomic E-state index is -0.00396. The molecular formula is C22H31N3O3. The number of guanidine groups is 1. The van der Waals surface area contributed by atoms with E-state index < -0.39 is 0 Å². The van der Waals surface area contributed by atoms with E-state index in [4.69, 9.17) is 14.2 Å². The Bertz CT molecular complexity index is 806. The molecule has 0 bridgehead atoms. The van der Waals surface area contributed by atoms with Crippen molar-refractivity contribution in [3.8, 4) is 17.2 Å². The Morgan fingerprint density at radius 3 is 2.39 bits per heavy atom. The quantitative estimate of drug-likeness (QED) is 0.538. The van der Waals surface area contributed by atoms with Crippen LogP contribution in [0, 0.1) is 6.92 Å². The lowest BCUT2D eigenvalue weighted by Gasteiger charge is -2.21. The van der Waals surface area contributed by atoms with E-state index in [9.17, 15) is 0 Å². The minimum absolute atomic E-state index is 0.00396. The van der Waals surface area contributed by atoms with Gasteiger partial charge in [-0.15, -0.1) is 0 Å². The topological polar surface area (TPSA) is 64.1 Å². The number of nitrogens with zero attached hydrogens (tertiary/aromatic N) is 1. The van der Waals surface area contributed by atoms with Gasteiger partial charge in [0.1, 0.15) is 17.2 Å². The molecule has 6 nitrogen and oxygen atoms in total. The number of aryl methyl sites for hydroxylation is 1. The van der Waals surface area contributed by atoms with Crippen LogP contribution in [-0.4, -0.2) is 40.9 Å². The molecule has 1 unspecified atom stereocenters. The molecule has 0 saturated heterocycles. The molecule has 0 spiro atoms. The second kappa shape index (κ2) is 10.4. The predicted molar refractivity (Wildman–Crippen MR) is 114 cm³/mol. The van der Waals surface area contributed by atoms with Gasteiger partial charge in [-0.05, 0) is 55.7 Å². The van der Waals surface area contributed by atoms with E-state index in [0.717, 1.165) is 47.3 Å². The first-order chi connectivity index (χ1) is 13.5. The van der Waals surface area contributed by atoms with Crippen molar-refractivity contribution in [2.45, 2.75) is 26.3 Å². The van der Waals surface area contributed by atoms with Crippen LogP contribution < -0.4 is 24.8 Å². The van der Waals surface area contributed by atoms with Crippen molar-refractivity contribution < 1.29 is 14.2 Å². The summed E-state index contributed by atoms with van der Waals surface area (Å²) in [6, 6.07) is 12.1. The van der Waals surface area contributed by atoms with Crippen molar-refractivity contribution in [2.75, 3.05) is 34.9 Å². The van der Waals surface area contributed by atoms with Crippen LogP contribution in [0.25, 0.3) is 0 Å². The molecule has 0 amide bonds. The Morgan fingerprint density at radius 1 is 1.00 bits per heavy atom. The average Bonchev–Trinajstić information content (AvgIpc) is 2.73. The van der Waals surface area contributed by atoms with Gasteiger partial charge in [0.15, 0.2) is 5.96 Å². The molecule has 0 aliphatic carbocycles. The number of methoxy groups -OCH3 is 3. The Kier molecular flexibility index (Phi) is 7.99. The van der Waals surface area contributed by atoms with Crippen LogP contribution in [0.1, 0.15) is 29.7 Å². The summed E-state index contributed by atoms with van der Waals surface area (Å²) in [5.41, 5.74) is 3.36. The van der Waals surface area contributed by atoms with Crippen LogP contribution >= 0.6 is 0 Å². The smallest absolute Gasteiger partial charge is 0.191 e. The number of nitrogens with one attached hydrogen (secondary N) is 2. The molecule has 6 heteroatoms. The van der Waals surface area contributed by atoms with Crippen LogP contribution in [0.15, 0.2) is 41.4 Å².